The maximum Gasteiger partial charge on any atom is 0.101 e. The van der Waals surface area contributed by atoms with Gasteiger partial charge in [0.05, 0.1) is 11.3 Å². The standard InChI is InChI=1S/C13H17N3/c1-9(10-2-3-10)8-16-13-5-4-12(15)6-11(13)7-14/h4-6,9-10,16H,2-3,8,15H2,1H3. The third kappa shape index (κ3) is 2.46. The van der Waals surface area contributed by atoms with Crippen molar-refractivity contribution in [3.8, 4) is 6.07 Å². The van der Waals surface area contributed by atoms with E-state index in [1.807, 2.05) is 12.1 Å². The quantitative estimate of drug-likeness (QED) is 0.759. The summed E-state index contributed by atoms with van der Waals surface area (Å²) < 4.78 is 0. The summed E-state index contributed by atoms with van der Waals surface area (Å²) in [6, 6.07) is 7.58. The lowest BCUT2D eigenvalue weighted by Gasteiger charge is -2.13. The second-order valence-electron chi connectivity index (χ2n) is 4.61. The Labute approximate surface area is 96.3 Å². The Morgan fingerprint density at radius 2 is 2.31 bits per heavy atom. The molecule has 0 bridgehead atoms. The van der Waals surface area contributed by atoms with Crippen LogP contribution in [-0.2, 0) is 0 Å². The van der Waals surface area contributed by atoms with Crippen LogP contribution in [0.5, 0.6) is 0 Å². The Morgan fingerprint density at radius 3 is 2.94 bits per heavy atom. The fourth-order valence-electron chi connectivity index (χ4n) is 1.91. The maximum atomic E-state index is 8.98. The van der Waals surface area contributed by atoms with Crippen molar-refractivity contribution in [2.24, 2.45) is 11.8 Å². The lowest BCUT2D eigenvalue weighted by Crippen LogP contribution is -2.13. The number of hydrogen-bond acceptors (Lipinski definition) is 3. The van der Waals surface area contributed by atoms with Crippen LogP contribution in [0.4, 0.5) is 11.4 Å². The summed E-state index contributed by atoms with van der Waals surface area (Å²) in [5, 5.41) is 12.3. The summed E-state index contributed by atoms with van der Waals surface area (Å²) in [5.74, 6) is 1.57. The van der Waals surface area contributed by atoms with Crippen molar-refractivity contribution >= 4 is 11.4 Å². The number of nitrogens with one attached hydrogen (secondary N) is 1. The topological polar surface area (TPSA) is 61.8 Å². The number of rotatable bonds is 4. The molecule has 3 N–H and O–H groups in total. The van der Waals surface area contributed by atoms with Gasteiger partial charge in [0.25, 0.3) is 0 Å². The van der Waals surface area contributed by atoms with Crippen molar-refractivity contribution in [1.29, 1.82) is 5.26 Å². The van der Waals surface area contributed by atoms with Gasteiger partial charge in [-0.25, -0.2) is 0 Å². The Balaban J connectivity index is 2.00. The van der Waals surface area contributed by atoms with Gasteiger partial charge >= 0.3 is 0 Å². The first kappa shape index (κ1) is 10.8. The molecule has 3 nitrogen and oxygen atoms in total. The van der Waals surface area contributed by atoms with Crippen LogP contribution in [-0.4, -0.2) is 6.54 Å². The third-order valence-corrected chi connectivity index (χ3v) is 3.21. The number of nitriles is 1. The average molecular weight is 215 g/mol. The molecular weight excluding hydrogens is 198 g/mol. The molecule has 0 heterocycles. The Morgan fingerprint density at radius 1 is 1.56 bits per heavy atom. The van der Waals surface area contributed by atoms with E-state index in [9.17, 15) is 0 Å². The van der Waals surface area contributed by atoms with Gasteiger partial charge in [0.1, 0.15) is 6.07 Å². The summed E-state index contributed by atoms with van der Waals surface area (Å²) >= 11 is 0. The summed E-state index contributed by atoms with van der Waals surface area (Å²) in [6.45, 7) is 3.19. The number of nitrogens with zero attached hydrogens (tertiary/aromatic N) is 1. The highest BCUT2D eigenvalue weighted by molar-refractivity contribution is 5.62. The second-order valence-corrected chi connectivity index (χ2v) is 4.61. The molecule has 1 atom stereocenters. The molecule has 1 aromatic rings. The summed E-state index contributed by atoms with van der Waals surface area (Å²) in [6.07, 6.45) is 2.71. The molecule has 84 valence electrons. The highest BCUT2D eigenvalue weighted by Gasteiger charge is 2.27. The van der Waals surface area contributed by atoms with E-state index in [0.29, 0.717) is 17.2 Å². The Hall–Kier alpha value is -1.69. The van der Waals surface area contributed by atoms with Gasteiger partial charge in [0.15, 0.2) is 0 Å². The van der Waals surface area contributed by atoms with Crippen molar-refractivity contribution in [2.45, 2.75) is 19.8 Å². The molecule has 0 spiro atoms. The zero-order valence-electron chi connectivity index (χ0n) is 9.53. The summed E-state index contributed by atoms with van der Waals surface area (Å²) in [5.41, 5.74) is 7.80. The van der Waals surface area contributed by atoms with Crippen LogP contribution in [0.1, 0.15) is 25.3 Å². The zero-order chi connectivity index (χ0) is 11.5. The number of benzene rings is 1. The SMILES string of the molecule is CC(CNc1ccc(N)cc1C#N)C1CC1. The normalized spacial score (nSPS) is 16.5. The number of nitrogen functional groups attached to an aromatic ring is 1. The van der Waals surface area contributed by atoms with E-state index >= 15 is 0 Å². The average Bonchev–Trinajstić information content (AvgIpc) is 3.10. The minimum absolute atomic E-state index is 0.628. The molecule has 0 amide bonds. The van der Waals surface area contributed by atoms with Crippen molar-refractivity contribution in [2.75, 3.05) is 17.6 Å². The first-order valence-corrected chi connectivity index (χ1v) is 5.74. The smallest absolute Gasteiger partial charge is 0.101 e. The Bertz CT molecular complexity index is 416. The lowest BCUT2D eigenvalue weighted by atomic mass is 10.1. The van der Waals surface area contributed by atoms with Crippen LogP contribution in [0.3, 0.4) is 0 Å². The monoisotopic (exact) mass is 215 g/mol. The van der Waals surface area contributed by atoms with Crippen molar-refractivity contribution in [1.82, 2.24) is 0 Å². The van der Waals surface area contributed by atoms with E-state index in [1.54, 1.807) is 6.07 Å². The minimum Gasteiger partial charge on any atom is -0.399 e. The summed E-state index contributed by atoms with van der Waals surface area (Å²) in [7, 11) is 0. The molecule has 1 saturated carbocycles. The third-order valence-electron chi connectivity index (χ3n) is 3.21. The van der Waals surface area contributed by atoms with E-state index in [-0.39, 0.29) is 0 Å². The lowest BCUT2D eigenvalue weighted by molar-refractivity contribution is 0.536. The van der Waals surface area contributed by atoms with Gasteiger partial charge in [-0.1, -0.05) is 6.92 Å². The van der Waals surface area contributed by atoms with E-state index in [1.165, 1.54) is 12.8 Å². The van der Waals surface area contributed by atoms with Gasteiger partial charge in [-0.2, -0.15) is 5.26 Å². The first-order valence-electron chi connectivity index (χ1n) is 5.74. The summed E-state index contributed by atoms with van der Waals surface area (Å²) in [4.78, 5) is 0. The van der Waals surface area contributed by atoms with Gasteiger partial charge in [-0.05, 0) is 42.9 Å². The molecule has 1 aliphatic rings. The fraction of sp³-hybridized carbons (Fsp3) is 0.462. The number of anilines is 2. The largest absolute Gasteiger partial charge is 0.399 e. The van der Waals surface area contributed by atoms with E-state index in [0.717, 1.165) is 18.2 Å². The van der Waals surface area contributed by atoms with Gasteiger partial charge in [0, 0.05) is 12.2 Å². The molecular formula is C13H17N3. The molecule has 0 aromatic heterocycles. The van der Waals surface area contributed by atoms with Gasteiger partial charge in [-0.3, -0.25) is 0 Å². The van der Waals surface area contributed by atoms with Crippen molar-refractivity contribution in [3.05, 3.63) is 23.8 Å². The highest BCUT2D eigenvalue weighted by atomic mass is 14.9. The molecule has 0 radical (unpaired) electrons. The van der Waals surface area contributed by atoms with Crippen LogP contribution < -0.4 is 11.1 Å². The van der Waals surface area contributed by atoms with Crippen LogP contribution in [0.25, 0.3) is 0 Å². The maximum absolute atomic E-state index is 8.98. The zero-order valence-corrected chi connectivity index (χ0v) is 9.53. The molecule has 0 saturated heterocycles. The van der Waals surface area contributed by atoms with Gasteiger partial charge < -0.3 is 11.1 Å². The molecule has 1 aromatic carbocycles. The molecule has 1 unspecified atom stereocenters. The van der Waals surface area contributed by atoms with Crippen LogP contribution in [0, 0.1) is 23.2 Å². The predicted molar refractivity (Wildman–Crippen MR) is 65.9 cm³/mol. The van der Waals surface area contributed by atoms with E-state index < -0.39 is 0 Å². The molecule has 2 rings (SSSR count). The van der Waals surface area contributed by atoms with E-state index in [2.05, 4.69) is 18.3 Å². The van der Waals surface area contributed by atoms with Crippen LogP contribution in [0.2, 0.25) is 0 Å². The van der Waals surface area contributed by atoms with Crippen LogP contribution in [0.15, 0.2) is 18.2 Å². The molecule has 1 fully saturated rings. The molecule has 1 aliphatic carbocycles. The Kier molecular flexibility index (Phi) is 3.00. The number of nitrogens with two attached hydrogens (primary N) is 1. The molecule has 3 heteroatoms. The van der Waals surface area contributed by atoms with Crippen molar-refractivity contribution < 1.29 is 0 Å². The first-order chi connectivity index (χ1) is 7.70. The highest BCUT2D eigenvalue weighted by Crippen LogP contribution is 2.36. The van der Waals surface area contributed by atoms with Gasteiger partial charge in [0.2, 0.25) is 0 Å². The van der Waals surface area contributed by atoms with Gasteiger partial charge in [-0.15, -0.1) is 0 Å². The predicted octanol–water partition coefficient (Wildman–Crippen LogP) is 2.60. The molecule has 0 aliphatic heterocycles. The molecule has 16 heavy (non-hydrogen) atoms. The van der Waals surface area contributed by atoms with Crippen molar-refractivity contribution in [3.63, 3.8) is 0 Å². The fourth-order valence-corrected chi connectivity index (χ4v) is 1.91. The van der Waals surface area contributed by atoms with Crippen LogP contribution >= 0.6 is 0 Å². The minimum atomic E-state index is 0.628. The second kappa shape index (κ2) is 4.44. The van der Waals surface area contributed by atoms with E-state index in [4.69, 9.17) is 11.0 Å². The number of hydrogen-bond donors (Lipinski definition) is 2.